The summed E-state index contributed by atoms with van der Waals surface area (Å²) in [6, 6.07) is 6.25. The summed E-state index contributed by atoms with van der Waals surface area (Å²) in [5.41, 5.74) is 3.46. The van der Waals surface area contributed by atoms with E-state index < -0.39 is 0 Å². The molecule has 1 heterocycles. The molecule has 1 aromatic heterocycles. The van der Waals surface area contributed by atoms with E-state index in [1.165, 1.54) is 11.1 Å². The molecule has 0 fully saturated rings. The lowest BCUT2D eigenvalue weighted by Crippen LogP contribution is -2.25. The summed E-state index contributed by atoms with van der Waals surface area (Å²) in [4.78, 5) is 0. The maximum absolute atomic E-state index is 6.14. The van der Waals surface area contributed by atoms with Crippen molar-refractivity contribution in [2.24, 2.45) is 7.05 Å². The Hall–Kier alpha value is -1.39. The number of nitrogens with one attached hydrogen (secondary N) is 1. The van der Waals surface area contributed by atoms with Gasteiger partial charge in [-0.25, -0.2) is 0 Å². The summed E-state index contributed by atoms with van der Waals surface area (Å²) in [7, 11) is 1.88. The molecule has 0 aliphatic rings. The maximum Gasteiger partial charge on any atom is 0.0845 e. The van der Waals surface area contributed by atoms with Crippen molar-refractivity contribution < 1.29 is 0 Å². The van der Waals surface area contributed by atoms with Crippen molar-refractivity contribution in [3.63, 3.8) is 0 Å². The van der Waals surface area contributed by atoms with Crippen molar-refractivity contribution in [1.29, 1.82) is 0 Å². The van der Waals surface area contributed by atoms with E-state index in [0.717, 1.165) is 30.1 Å². The molecule has 0 aliphatic heterocycles. The molecule has 20 heavy (non-hydrogen) atoms. The summed E-state index contributed by atoms with van der Waals surface area (Å²) in [6.45, 7) is 5.25. The van der Waals surface area contributed by atoms with Crippen molar-refractivity contribution in [2.75, 3.05) is 6.54 Å². The molecule has 1 N–H and O–H groups in total. The predicted octanol–water partition coefficient (Wildman–Crippen LogP) is 3.06. The summed E-state index contributed by atoms with van der Waals surface area (Å²) in [6.07, 6.45) is 3.87. The quantitative estimate of drug-likeness (QED) is 0.890. The second-order valence-corrected chi connectivity index (χ2v) is 5.53. The first-order chi connectivity index (χ1) is 9.60. The van der Waals surface area contributed by atoms with E-state index in [4.69, 9.17) is 11.6 Å². The van der Waals surface area contributed by atoms with Crippen LogP contribution in [0.5, 0.6) is 0 Å². The molecule has 1 aromatic carbocycles. The number of rotatable bonds is 6. The van der Waals surface area contributed by atoms with Crippen LogP contribution in [0, 0.1) is 6.92 Å². The molecule has 0 aliphatic carbocycles. The molecule has 0 saturated carbocycles. The lowest BCUT2D eigenvalue weighted by molar-refractivity contribution is 0.522. The van der Waals surface area contributed by atoms with Gasteiger partial charge in [-0.3, -0.25) is 4.68 Å². The Morgan fingerprint density at radius 3 is 2.85 bits per heavy atom. The van der Waals surface area contributed by atoms with Gasteiger partial charge in [0.15, 0.2) is 0 Å². The third-order valence-corrected chi connectivity index (χ3v) is 3.56. The smallest absolute Gasteiger partial charge is 0.0845 e. The summed E-state index contributed by atoms with van der Waals surface area (Å²) >= 11 is 6.14. The third-order valence-electron chi connectivity index (χ3n) is 3.32. The van der Waals surface area contributed by atoms with E-state index in [0.29, 0.717) is 0 Å². The van der Waals surface area contributed by atoms with Gasteiger partial charge in [-0.2, -0.15) is 0 Å². The van der Waals surface area contributed by atoms with Gasteiger partial charge in [-0.1, -0.05) is 29.8 Å². The Balaban J connectivity index is 2.24. The average molecular weight is 293 g/mol. The van der Waals surface area contributed by atoms with Crippen LogP contribution in [0.25, 0.3) is 0 Å². The Bertz CT molecular complexity index is 565. The van der Waals surface area contributed by atoms with Gasteiger partial charge < -0.3 is 5.32 Å². The number of benzene rings is 1. The Morgan fingerprint density at radius 2 is 2.20 bits per heavy atom. The van der Waals surface area contributed by atoms with Crippen molar-refractivity contribution in [1.82, 2.24) is 20.3 Å². The minimum absolute atomic E-state index is 0.213. The highest BCUT2D eigenvalue weighted by atomic mass is 35.5. The van der Waals surface area contributed by atoms with Gasteiger partial charge in [-0.05, 0) is 43.1 Å². The zero-order valence-electron chi connectivity index (χ0n) is 12.2. The van der Waals surface area contributed by atoms with Crippen LogP contribution in [0.15, 0.2) is 24.4 Å². The lowest BCUT2D eigenvalue weighted by atomic mass is 9.97. The molecule has 0 spiro atoms. The highest BCUT2D eigenvalue weighted by Crippen LogP contribution is 2.24. The van der Waals surface area contributed by atoms with Gasteiger partial charge >= 0.3 is 0 Å². The first kappa shape index (κ1) is 15.0. The van der Waals surface area contributed by atoms with E-state index >= 15 is 0 Å². The largest absolute Gasteiger partial charge is 0.310 e. The number of aromatic nitrogens is 3. The van der Waals surface area contributed by atoms with Crippen molar-refractivity contribution >= 4 is 11.6 Å². The average Bonchev–Trinajstić information content (AvgIpc) is 2.83. The second-order valence-electron chi connectivity index (χ2n) is 5.10. The molecule has 0 radical (unpaired) electrons. The standard InChI is InChI=1S/C15H21ClN4/c1-4-7-17-15(9-13-10-20(3)19-18-13)14-8-12(16)6-5-11(14)2/h5-6,8,10,15,17H,4,7,9H2,1-3H3. The molecule has 2 rings (SSSR count). The molecule has 0 bridgehead atoms. The fourth-order valence-electron chi connectivity index (χ4n) is 2.30. The Kier molecular flexibility index (Phi) is 5.15. The molecular weight excluding hydrogens is 272 g/mol. The predicted molar refractivity (Wildman–Crippen MR) is 81.9 cm³/mol. The third kappa shape index (κ3) is 3.81. The monoisotopic (exact) mass is 292 g/mol. The van der Waals surface area contributed by atoms with Gasteiger partial charge in [0.25, 0.3) is 0 Å². The van der Waals surface area contributed by atoms with Gasteiger partial charge in [-0.15, -0.1) is 5.10 Å². The summed E-state index contributed by atoms with van der Waals surface area (Å²) in [5.74, 6) is 0. The van der Waals surface area contributed by atoms with Crippen molar-refractivity contribution in [2.45, 2.75) is 32.7 Å². The fourth-order valence-corrected chi connectivity index (χ4v) is 2.48. The number of halogens is 1. The van der Waals surface area contributed by atoms with Gasteiger partial charge in [0, 0.05) is 30.7 Å². The van der Waals surface area contributed by atoms with E-state index in [2.05, 4.69) is 35.5 Å². The number of hydrogen-bond acceptors (Lipinski definition) is 3. The molecule has 1 unspecified atom stereocenters. The first-order valence-corrected chi connectivity index (χ1v) is 7.32. The van der Waals surface area contributed by atoms with Crippen LogP contribution >= 0.6 is 11.6 Å². The second kappa shape index (κ2) is 6.86. The lowest BCUT2D eigenvalue weighted by Gasteiger charge is -2.20. The topological polar surface area (TPSA) is 42.7 Å². The van der Waals surface area contributed by atoms with Crippen LogP contribution in [-0.2, 0) is 13.5 Å². The van der Waals surface area contributed by atoms with Gasteiger partial charge in [0.2, 0.25) is 0 Å². The molecular formula is C15H21ClN4. The van der Waals surface area contributed by atoms with Crippen LogP contribution in [0.3, 0.4) is 0 Å². The minimum atomic E-state index is 0.213. The van der Waals surface area contributed by atoms with E-state index in [1.807, 2.05) is 25.4 Å². The summed E-state index contributed by atoms with van der Waals surface area (Å²) in [5, 5.41) is 12.5. The van der Waals surface area contributed by atoms with Crippen molar-refractivity contribution in [3.05, 3.63) is 46.2 Å². The van der Waals surface area contributed by atoms with E-state index in [-0.39, 0.29) is 6.04 Å². The minimum Gasteiger partial charge on any atom is -0.310 e. The molecule has 5 heteroatoms. The summed E-state index contributed by atoms with van der Waals surface area (Å²) < 4.78 is 1.73. The highest BCUT2D eigenvalue weighted by Gasteiger charge is 2.16. The molecule has 4 nitrogen and oxygen atoms in total. The fraction of sp³-hybridized carbons (Fsp3) is 0.467. The molecule has 108 valence electrons. The first-order valence-electron chi connectivity index (χ1n) is 6.94. The van der Waals surface area contributed by atoms with Crippen LogP contribution in [0.2, 0.25) is 5.02 Å². The van der Waals surface area contributed by atoms with Crippen LogP contribution in [-0.4, -0.2) is 21.5 Å². The maximum atomic E-state index is 6.14. The van der Waals surface area contributed by atoms with Crippen molar-refractivity contribution in [3.8, 4) is 0 Å². The van der Waals surface area contributed by atoms with E-state index in [9.17, 15) is 0 Å². The van der Waals surface area contributed by atoms with Crippen LogP contribution in [0.4, 0.5) is 0 Å². The Morgan fingerprint density at radius 1 is 1.40 bits per heavy atom. The SMILES string of the molecule is CCCNC(Cc1cn(C)nn1)c1cc(Cl)ccc1C. The van der Waals surface area contributed by atoms with Crippen LogP contribution < -0.4 is 5.32 Å². The van der Waals surface area contributed by atoms with Gasteiger partial charge in [0.05, 0.1) is 5.69 Å². The normalized spacial score (nSPS) is 12.6. The molecule has 1 atom stereocenters. The zero-order chi connectivity index (χ0) is 14.5. The van der Waals surface area contributed by atoms with Crippen LogP contribution in [0.1, 0.15) is 36.2 Å². The number of nitrogens with zero attached hydrogens (tertiary/aromatic N) is 3. The molecule has 2 aromatic rings. The Labute approximate surface area is 125 Å². The number of aryl methyl sites for hydroxylation is 2. The molecule has 0 saturated heterocycles. The van der Waals surface area contributed by atoms with Gasteiger partial charge in [0.1, 0.15) is 0 Å². The number of hydrogen-bond donors (Lipinski definition) is 1. The highest BCUT2D eigenvalue weighted by molar-refractivity contribution is 6.30. The zero-order valence-corrected chi connectivity index (χ0v) is 13.0. The van der Waals surface area contributed by atoms with E-state index in [1.54, 1.807) is 4.68 Å². The molecule has 0 amide bonds.